The highest BCUT2D eigenvalue weighted by atomic mass is 32.2. The van der Waals surface area contributed by atoms with E-state index in [0.717, 1.165) is 35.9 Å². The Morgan fingerprint density at radius 2 is 2.13 bits per heavy atom. The first-order valence-electron chi connectivity index (χ1n) is 8.02. The Hall–Kier alpha value is -1.82. The number of carbonyl (C=O) groups excluding carboxylic acids is 1. The zero-order valence-electron chi connectivity index (χ0n) is 13.8. The quantitative estimate of drug-likeness (QED) is 0.791. The van der Waals surface area contributed by atoms with Gasteiger partial charge in [0.05, 0.1) is 5.75 Å². The smallest absolute Gasteiger partial charge is 0.237 e. The average Bonchev–Trinajstić information content (AvgIpc) is 3.05. The summed E-state index contributed by atoms with van der Waals surface area (Å²) in [6.07, 6.45) is 2.88. The molecule has 122 valence electrons. The van der Waals surface area contributed by atoms with Crippen molar-refractivity contribution < 1.29 is 4.79 Å². The summed E-state index contributed by atoms with van der Waals surface area (Å²) in [5, 5.41) is 9.21. The van der Waals surface area contributed by atoms with Crippen molar-refractivity contribution in [3.05, 3.63) is 35.7 Å². The van der Waals surface area contributed by atoms with E-state index < -0.39 is 0 Å². The molecule has 2 heterocycles. The second kappa shape index (κ2) is 6.74. The molecule has 5 nitrogen and oxygen atoms in total. The number of aryl methyl sites for hydroxylation is 1. The number of nitrogens with zero attached hydrogens (tertiary/aromatic N) is 4. The Labute approximate surface area is 141 Å². The number of amides is 1. The van der Waals surface area contributed by atoms with Gasteiger partial charge in [0, 0.05) is 25.2 Å². The summed E-state index contributed by atoms with van der Waals surface area (Å²) < 4.78 is 1.99. The third-order valence-electron chi connectivity index (χ3n) is 4.20. The molecule has 1 aromatic carbocycles. The summed E-state index contributed by atoms with van der Waals surface area (Å²) >= 11 is 1.46. The van der Waals surface area contributed by atoms with Gasteiger partial charge in [-0.1, -0.05) is 36.9 Å². The maximum absolute atomic E-state index is 12.7. The van der Waals surface area contributed by atoms with Gasteiger partial charge in [-0.25, -0.2) is 0 Å². The van der Waals surface area contributed by atoms with Gasteiger partial charge < -0.3 is 9.47 Å². The lowest BCUT2D eigenvalue weighted by Crippen LogP contribution is -2.37. The van der Waals surface area contributed by atoms with Crippen LogP contribution in [0.15, 0.2) is 29.4 Å². The summed E-state index contributed by atoms with van der Waals surface area (Å²) in [6, 6.07) is 8.37. The number of hydrogen-bond acceptors (Lipinski definition) is 4. The molecule has 1 aliphatic rings. The van der Waals surface area contributed by atoms with E-state index in [9.17, 15) is 4.79 Å². The van der Waals surface area contributed by atoms with E-state index in [1.807, 2.05) is 34.7 Å². The molecule has 1 amide bonds. The summed E-state index contributed by atoms with van der Waals surface area (Å²) in [5.74, 6) is 1.49. The molecule has 2 aromatic rings. The fourth-order valence-corrected chi connectivity index (χ4v) is 3.84. The van der Waals surface area contributed by atoms with Gasteiger partial charge in [0.25, 0.3) is 0 Å². The van der Waals surface area contributed by atoms with E-state index in [0.29, 0.717) is 5.75 Å². The molecule has 1 aromatic heterocycles. The van der Waals surface area contributed by atoms with E-state index in [1.165, 1.54) is 17.3 Å². The van der Waals surface area contributed by atoms with Gasteiger partial charge in [-0.05, 0) is 31.4 Å². The van der Waals surface area contributed by atoms with Crippen molar-refractivity contribution >= 4 is 23.4 Å². The number of aromatic nitrogens is 3. The maximum Gasteiger partial charge on any atom is 0.237 e. The number of fused-ring (bicyclic) bond motifs is 1. The maximum atomic E-state index is 12.7. The molecular weight excluding hydrogens is 308 g/mol. The number of para-hydroxylation sites is 1. The zero-order valence-corrected chi connectivity index (χ0v) is 14.6. The molecule has 0 radical (unpaired) electrons. The minimum atomic E-state index is 0.132. The highest BCUT2D eigenvalue weighted by Crippen LogP contribution is 2.32. The predicted molar refractivity (Wildman–Crippen MR) is 92.8 cm³/mol. The normalized spacial score (nSPS) is 16.7. The minimum Gasteiger partial charge on any atom is -0.309 e. The van der Waals surface area contributed by atoms with E-state index >= 15 is 0 Å². The van der Waals surface area contributed by atoms with Crippen molar-refractivity contribution in [1.29, 1.82) is 0 Å². The lowest BCUT2D eigenvalue weighted by molar-refractivity contribution is -0.116. The van der Waals surface area contributed by atoms with Gasteiger partial charge in [0.1, 0.15) is 5.82 Å². The van der Waals surface area contributed by atoms with Crippen LogP contribution in [0.2, 0.25) is 0 Å². The third kappa shape index (κ3) is 3.13. The lowest BCUT2D eigenvalue weighted by atomic mass is 10.1. The summed E-state index contributed by atoms with van der Waals surface area (Å²) in [4.78, 5) is 14.6. The van der Waals surface area contributed by atoms with Crippen molar-refractivity contribution in [3.8, 4) is 0 Å². The molecule has 0 saturated carbocycles. The van der Waals surface area contributed by atoms with Gasteiger partial charge in [-0.2, -0.15) is 0 Å². The average molecular weight is 330 g/mol. The first kappa shape index (κ1) is 16.1. The molecule has 23 heavy (non-hydrogen) atoms. The van der Waals surface area contributed by atoms with Crippen LogP contribution in [0.1, 0.15) is 31.7 Å². The molecule has 0 fully saturated rings. The van der Waals surface area contributed by atoms with E-state index in [-0.39, 0.29) is 11.9 Å². The molecule has 0 N–H and O–H groups in total. The van der Waals surface area contributed by atoms with Crippen molar-refractivity contribution in [2.75, 3.05) is 10.7 Å². The topological polar surface area (TPSA) is 51.0 Å². The highest BCUT2D eigenvalue weighted by molar-refractivity contribution is 7.99. The number of rotatable bonds is 5. The predicted octanol–water partition coefficient (Wildman–Crippen LogP) is 2.84. The van der Waals surface area contributed by atoms with Crippen LogP contribution in [-0.2, 0) is 24.7 Å². The summed E-state index contributed by atoms with van der Waals surface area (Å²) in [7, 11) is 1.96. The van der Waals surface area contributed by atoms with Gasteiger partial charge in [0.2, 0.25) is 5.91 Å². The number of thioether (sulfide) groups is 1. The Kier molecular flexibility index (Phi) is 4.71. The first-order chi connectivity index (χ1) is 11.1. The number of anilines is 1. The van der Waals surface area contributed by atoms with Gasteiger partial charge >= 0.3 is 0 Å². The fourth-order valence-electron chi connectivity index (χ4n) is 3.05. The van der Waals surface area contributed by atoms with Gasteiger partial charge in [-0.15, -0.1) is 10.2 Å². The number of hydrogen-bond donors (Lipinski definition) is 0. The fraction of sp³-hybridized carbons (Fsp3) is 0.471. The summed E-state index contributed by atoms with van der Waals surface area (Å²) in [6.45, 7) is 4.22. The largest absolute Gasteiger partial charge is 0.309 e. The Morgan fingerprint density at radius 3 is 2.91 bits per heavy atom. The molecule has 1 aliphatic heterocycles. The molecule has 6 heteroatoms. The van der Waals surface area contributed by atoms with Crippen LogP contribution < -0.4 is 4.90 Å². The molecule has 0 saturated heterocycles. The second-order valence-corrected chi connectivity index (χ2v) is 6.88. The van der Waals surface area contributed by atoms with Crippen molar-refractivity contribution in [2.45, 2.75) is 44.3 Å². The second-order valence-electron chi connectivity index (χ2n) is 5.94. The SMILES string of the molecule is CCCc1nnc(SCC(=O)N2c3ccccc3C[C@@H]2C)n1C. The van der Waals surface area contributed by atoms with Crippen LogP contribution >= 0.6 is 11.8 Å². The highest BCUT2D eigenvalue weighted by Gasteiger charge is 2.30. The van der Waals surface area contributed by atoms with Crippen LogP contribution in [0.25, 0.3) is 0 Å². The molecule has 0 spiro atoms. The number of carbonyl (C=O) groups is 1. The van der Waals surface area contributed by atoms with E-state index in [1.54, 1.807) is 0 Å². The zero-order chi connectivity index (χ0) is 16.4. The monoisotopic (exact) mass is 330 g/mol. The van der Waals surface area contributed by atoms with Gasteiger partial charge in [0.15, 0.2) is 5.16 Å². The molecule has 1 atom stereocenters. The van der Waals surface area contributed by atoms with Crippen LogP contribution in [0.5, 0.6) is 0 Å². The van der Waals surface area contributed by atoms with Gasteiger partial charge in [-0.3, -0.25) is 4.79 Å². The molecule has 0 bridgehead atoms. The van der Waals surface area contributed by atoms with Crippen LogP contribution in [0.3, 0.4) is 0 Å². The van der Waals surface area contributed by atoms with Crippen LogP contribution in [-0.4, -0.2) is 32.5 Å². The minimum absolute atomic E-state index is 0.132. The molecular formula is C17H22N4OS. The molecule has 3 rings (SSSR count). The first-order valence-corrected chi connectivity index (χ1v) is 9.01. The van der Waals surface area contributed by atoms with Crippen LogP contribution in [0.4, 0.5) is 5.69 Å². The molecule has 0 unspecified atom stereocenters. The number of benzene rings is 1. The third-order valence-corrected chi connectivity index (χ3v) is 5.20. The van der Waals surface area contributed by atoms with E-state index in [2.05, 4.69) is 30.1 Å². The standard InChI is InChI=1S/C17H22N4OS/c1-4-7-15-18-19-17(20(15)3)23-11-16(22)21-12(2)10-13-8-5-6-9-14(13)21/h5-6,8-9,12H,4,7,10-11H2,1-3H3/t12-/m0/s1. The Balaban J connectivity index is 1.68. The van der Waals surface area contributed by atoms with Crippen LogP contribution in [0, 0.1) is 0 Å². The van der Waals surface area contributed by atoms with Crippen molar-refractivity contribution in [3.63, 3.8) is 0 Å². The molecule has 0 aliphatic carbocycles. The Morgan fingerprint density at radius 1 is 1.35 bits per heavy atom. The van der Waals surface area contributed by atoms with Crippen molar-refractivity contribution in [2.24, 2.45) is 7.05 Å². The van der Waals surface area contributed by atoms with Crippen molar-refractivity contribution in [1.82, 2.24) is 14.8 Å². The Bertz CT molecular complexity index is 712. The lowest BCUT2D eigenvalue weighted by Gasteiger charge is -2.22. The summed E-state index contributed by atoms with van der Waals surface area (Å²) in [5.41, 5.74) is 2.30. The van der Waals surface area contributed by atoms with E-state index in [4.69, 9.17) is 0 Å².